The van der Waals surface area contributed by atoms with E-state index in [4.69, 9.17) is 5.73 Å². The zero-order valence-corrected chi connectivity index (χ0v) is 10.8. The first-order valence-electron chi connectivity index (χ1n) is 6.29. The Morgan fingerprint density at radius 1 is 1.44 bits per heavy atom. The summed E-state index contributed by atoms with van der Waals surface area (Å²) in [6.45, 7) is 2.19. The quantitative estimate of drug-likeness (QED) is 0.818. The first-order chi connectivity index (χ1) is 7.81. The maximum Gasteiger partial charge on any atom is 0.123 e. The number of nitrogen functional groups attached to an aromatic ring is 1. The molecule has 0 unspecified atom stereocenters. The Morgan fingerprint density at radius 2 is 2.19 bits per heavy atom. The van der Waals surface area contributed by atoms with Gasteiger partial charge in [0.05, 0.1) is 6.04 Å². The molecule has 0 bridgehead atoms. The number of hydrogen-bond donors (Lipinski definition) is 1. The van der Waals surface area contributed by atoms with E-state index in [-0.39, 0.29) is 0 Å². The van der Waals surface area contributed by atoms with Gasteiger partial charge in [-0.15, -0.1) is 11.8 Å². The molecule has 1 aromatic heterocycles. The van der Waals surface area contributed by atoms with Gasteiger partial charge in [0, 0.05) is 6.07 Å². The zero-order chi connectivity index (χ0) is 11.4. The van der Waals surface area contributed by atoms with Crippen LogP contribution in [0.1, 0.15) is 51.5 Å². The lowest BCUT2D eigenvalue weighted by atomic mass is 9.96. The summed E-state index contributed by atoms with van der Waals surface area (Å²) in [5.41, 5.74) is 6.03. The average molecular weight is 239 g/mol. The predicted octanol–water partition coefficient (Wildman–Crippen LogP) is 3.47. The Balaban J connectivity index is 2.04. The molecule has 0 radical (unpaired) electrons. The fraction of sp³-hybridized carbons (Fsp3) is 0.750. The van der Waals surface area contributed by atoms with Crippen molar-refractivity contribution in [3.63, 3.8) is 0 Å². The molecule has 2 N–H and O–H groups in total. The normalized spacial score (nSPS) is 17.8. The van der Waals surface area contributed by atoms with Gasteiger partial charge in [-0.25, -0.2) is 4.68 Å². The third kappa shape index (κ3) is 2.73. The van der Waals surface area contributed by atoms with Crippen molar-refractivity contribution in [3.8, 4) is 0 Å². The number of hydrogen-bond acceptors (Lipinski definition) is 3. The average Bonchev–Trinajstić information content (AvgIpc) is 2.69. The standard InChI is InChI=1S/C12H21N3S/c1-2-8-16-12-9-11(13)15(14-12)10-6-4-3-5-7-10/h9-10H,2-8,13H2,1H3. The first kappa shape index (κ1) is 11.8. The van der Waals surface area contributed by atoms with Crippen molar-refractivity contribution >= 4 is 17.6 Å². The number of thioether (sulfide) groups is 1. The van der Waals surface area contributed by atoms with Gasteiger partial charge in [-0.2, -0.15) is 5.10 Å². The van der Waals surface area contributed by atoms with Gasteiger partial charge < -0.3 is 5.73 Å². The second kappa shape index (κ2) is 5.62. The summed E-state index contributed by atoms with van der Waals surface area (Å²) in [6.07, 6.45) is 7.67. The Bertz CT molecular complexity index is 329. The highest BCUT2D eigenvalue weighted by Crippen LogP contribution is 2.31. The number of nitrogens with two attached hydrogens (primary N) is 1. The van der Waals surface area contributed by atoms with Crippen LogP contribution in [0, 0.1) is 0 Å². The molecule has 4 heteroatoms. The lowest BCUT2D eigenvalue weighted by Gasteiger charge is -2.22. The molecule has 3 nitrogen and oxygen atoms in total. The molecule has 1 aliphatic rings. The van der Waals surface area contributed by atoms with Gasteiger partial charge in [-0.05, 0) is 25.0 Å². The van der Waals surface area contributed by atoms with E-state index >= 15 is 0 Å². The van der Waals surface area contributed by atoms with Crippen molar-refractivity contribution in [2.75, 3.05) is 11.5 Å². The van der Waals surface area contributed by atoms with Gasteiger partial charge in [0.15, 0.2) is 0 Å². The largest absolute Gasteiger partial charge is 0.384 e. The zero-order valence-electron chi connectivity index (χ0n) is 9.98. The van der Waals surface area contributed by atoms with Crippen molar-refractivity contribution in [1.29, 1.82) is 0 Å². The summed E-state index contributed by atoms with van der Waals surface area (Å²) in [7, 11) is 0. The van der Waals surface area contributed by atoms with Crippen molar-refractivity contribution in [2.45, 2.75) is 56.5 Å². The van der Waals surface area contributed by atoms with Crippen LogP contribution in [0.2, 0.25) is 0 Å². The Labute approximate surface area is 102 Å². The Kier molecular flexibility index (Phi) is 4.16. The van der Waals surface area contributed by atoms with Crippen LogP contribution < -0.4 is 5.73 Å². The highest BCUT2D eigenvalue weighted by Gasteiger charge is 2.18. The number of rotatable bonds is 4. The fourth-order valence-corrected chi connectivity index (χ4v) is 3.04. The molecular weight excluding hydrogens is 218 g/mol. The van der Waals surface area contributed by atoms with Crippen LogP contribution in [0.25, 0.3) is 0 Å². The van der Waals surface area contributed by atoms with Crippen LogP contribution in [0.3, 0.4) is 0 Å². The van der Waals surface area contributed by atoms with Gasteiger partial charge in [0.2, 0.25) is 0 Å². The van der Waals surface area contributed by atoms with E-state index in [1.54, 1.807) is 0 Å². The second-order valence-corrected chi connectivity index (χ2v) is 5.61. The molecule has 0 saturated heterocycles. The SMILES string of the molecule is CCCSc1cc(N)n(C2CCCCC2)n1. The van der Waals surface area contributed by atoms with Crippen LogP contribution in [0.5, 0.6) is 0 Å². The van der Waals surface area contributed by atoms with Crippen LogP contribution >= 0.6 is 11.8 Å². The fourth-order valence-electron chi connectivity index (χ4n) is 2.28. The van der Waals surface area contributed by atoms with Gasteiger partial charge in [-0.3, -0.25) is 0 Å². The van der Waals surface area contributed by atoms with E-state index in [0.717, 1.165) is 16.6 Å². The summed E-state index contributed by atoms with van der Waals surface area (Å²) in [5, 5.41) is 5.71. The van der Waals surface area contributed by atoms with Crippen molar-refractivity contribution in [2.24, 2.45) is 0 Å². The smallest absolute Gasteiger partial charge is 0.123 e. The third-order valence-corrected chi connectivity index (χ3v) is 4.22. The molecule has 0 aromatic carbocycles. The molecule has 16 heavy (non-hydrogen) atoms. The van der Waals surface area contributed by atoms with Crippen molar-refractivity contribution < 1.29 is 0 Å². The van der Waals surface area contributed by atoms with Crippen LogP contribution in [0.4, 0.5) is 5.82 Å². The van der Waals surface area contributed by atoms with E-state index in [0.29, 0.717) is 6.04 Å². The van der Waals surface area contributed by atoms with E-state index in [1.165, 1.54) is 38.5 Å². The lowest BCUT2D eigenvalue weighted by Crippen LogP contribution is -2.16. The molecule has 1 heterocycles. The Morgan fingerprint density at radius 3 is 2.88 bits per heavy atom. The van der Waals surface area contributed by atoms with Crippen LogP contribution in [0.15, 0.2) is 11.1 Å². The lowest BCUT2D eigenvalue weighted by molar-refractivity contribution is 0.330. The van der Waals surface area contributed by atoms with Gasteiger partial charge in [-0.1, -0.05) is 26.2 Å². The summed E-state index contributed by atoms with van der Waals surface area (Å²) in [4.78, 5) is 0. The summed E-state index contributed by atoms with van der Waals surface area (Å²) in [6, 6.07) is 2.57. The maximum absolute atomic E-state index is 6.03. The predicted molar refractivity (Wildman–Crippen MR) is 69.8 cm³/mol. The molecular formula is C12H21N3S. The van der Waals surface area contributed by atoms with Crippen molar-refractivity contribution in [3.05, 3.63) is 6.07 Å². The summed E-state index contributed by atoms with van der Waals surface area (Å²) in [5.74, 6) is 1.96. The molecule has 0 atom stereocenters. The van der Waals surface area contributed by atoms with E-state index in [2.05, 4.69) is 16.7 Å². The van der Waals surface area contributed by atoms with Gasteiger partial charge in [0.25, 0.3) is 0 Å². The molecule has 2 rings (SSSR count). The molecule has 1 aromatic rings. The Hall–Kier alpha value is -0.640. The maximum atomic E-state index is 6.03. The topological polar surface area (TPSA) is 43.8 Å². The molecule has 0 aliphatic heterocycles. The van der Waals surface area contributed by atoms with Crippen LogP contribution in [-0.2, 0) is 0 Å². The monoisotopic (exact) mass is 239 g/mol. The highest BCUT2D eigenvalue weighted by molar-refractivity contribution is 7.99. The van der Waals surface area contributed by atoms with E-state index in [9.17, 15) is 0 Å². The molecule has 1 aliphatic carbocycles. The minimum absolute atomic E-state index is 0.546. The highest BCUT2D eigenvalue weighted by atomic mass is 32.2. The minimum Gasteiger partial charge on any atom is -0.384 e. The molecule has 1 saturated carbocycles. The van der Waals surface area contributed by atoms with Crippen molar-refractivity contribution in [1.82, 2.24) is 9.78 Å². The summed E-state index contributed by atoms with van der Waals surface area (Å²) < 4.78 is 2.05. The number of nitrogens with zero attached hydrogens (tertiary/aromatic N) is 2. The second-order valence-electron chi connectivity index (χ2n) is 4.49. The van der Waals surface area contributed by atoms with Gasteiger partial charge >= 0.3 is 0 Å². The number of anilines is 1. The van der Waals surface area contributed by atoms with E-state index < -0.39 is 0 Å². The van der Waals surface area contributed by atoms with Gasteiger partial charge in [0.1, 0.15) is 10.8 Å². The molecule has 0 spiro atoms. The third-order valence-electron chi connectivity index (χ3n) is 3.12. The van der Waals surface area contributed by atoms with E-state index in [1.807, 2.05) is 17.8 Å². The van der Waals surface area contributed by atoms with Crippen LogP contribution in [-0.4, -0.2) is 15.5 Å². The first-order valence-corrected chi connectivity index (χ1v) is 7.27. The number of aromatic nitrogens is 2. The minimum atomic E-state index is 0.546. The summed E-state index contributed by atoms with van der Waals surface area (Å²) >= 11 is 1.81. The molecule has 1 fully saturated rings. The molecule has 0 amide bonds. The molecule has 90 valence electrons.